The smallest absolute Gasteiger partial charge is 0.0580 e. The highest BCUT2D eigenvalue weighted by molar-refractivity contribution is 8.00. The molecule has 17 heterocycles. The number of nitrogens with one attached hydrogen (secondary N) is 5. The van der Waals surface area contributed by atoms with Crippen LogP contribution in [0.5, 0.6) is 0 Å². The van der Waals surface area contributed by atoms with E-state index in [-0.39, 0.29) is 0 Å². The van der Waals surface area contributed by atoms with Gasteiger partial charge in [-0.25, -0.2) is 0 Å². The summed E-state index contributed by atoms with van der Waals surface area (Å²) in [4.78, 5) is 2.59. The first-order valence-corrected chi connectivity index (χ1v) is 50.8. The molecule has 0 radical (unpaired) electrons. The van der Waals surface area contributed by atoms with E-state index in [0.717, 1.165) is 138 Å². The third-order valence-corrected chi connectivity index (χ3v) is 36.0. The molecule has 16 atom stereocenters. The monoisotopic (exact) mass is 1500 g/mol. The second-order valence-corrected chi connectivity index (χ2v) is 43.9. The lowest BCUT2D eigenvalue weighted by Gasteiger charge is -2.35. The van der Waals surface area contributed by atoms with Gasteiger partial charge in [0.15, 0.2) is 0 Å². The number of fused-ring (bicyclic) bond motifs is 31. The van der Waals surface area contributed by atoms with Crippen molar-refractivity contribution in [1.82, 2.24) is 31.5 Å². The lowest BCUT2D eigenvalue weighted by Crippen LogP contribution is -2.33. The fourth-order valence-electron chi connectivity index (χ4n) is 27.3. The molecule has 10 heteroatoms. The zero-order valence-corrected chi connectivity index (χ0v) is 70.5. The van der Waals surface area contributed by atoms with Crippen LogP contribution in [-0.2, 0) is 14.2 Å². The first-order chi connectivity index (χ1) is 52.8. The number of piperidine rings is 4. The van der Waals surface area contributed by atoms with Crippen molar-refractivity contribution in [3.05, 3.63) is 0 Å². The molecule has 0 aromatic carbocycles. The van der Waals surface area contributed by atoms with E-state index in [0.29, 0.717) is 24.4 Å². The molecule has 614 valence electrons. The topological polar surface area (TPSA) is 91.1 Å². The van der Waals surface area contributed by atoms with E-state index in [1.54, 1.807) is 135 Å². The molecule has 31 rings (SSSR count). The molecule has 31 aliphatic rings. The standard InChI is InChI=1S/3C8H14.4C7H13N.C7H12O.C7H12S.C7H12.2C6H11N.2C6H10O/c1-2-8-5-3-7(1)4-6-8;2*1-2-7-4-5-8(3-1)6-7;1-2-7-3-5-8(4-1)6-7;1-2-6-4-7(3-1)8-5-6;2*1-2-6-4-5-7(3-1)8-6;2*1-3-7-4-2-6(1)5-8-7;1-2-7-4-3-6(1)5-7;1-2-6-3-5(1)4-7-6;1-2-6-4-3-5(1)7-6;1-2-6-3-5(1)4-7-6;1-2-6-4-3-5(1)7-6/h3*7-8H,1-6H2;7H,1-6H2;3*6-8H,1-5H2;2*6-7H,1-5H2;6-7H,1-5H2;2*5-7H,1-4H2;2*5-6H,1-4H2. The number of ether oxygens (including phenoxy) is 3. The maximum Gasteiger partial charge on any atom is 0.0580 e. The fourth-order valence-corrected chi connectivity index (χ4v) is 28.8. The average Bonchev–Trinajstić information content (AvgIpc) is 1.37. The number of hydrogen-bond acceptors (Lipinski definition) is 10. The Morgan fingerprint density at radius 3 is 0.813 bits per heavy atom. The van der Waals surface area contributed by atoms with Gasteiger partial charge in [-0.2, -0.15) is 11.8 Å². The van der Waals surface area contributed by atoms with Crippen molar-refractivity contribution in [2.75, 3.05) is 51.7 Å². The summed E-state index contributed by atoms with van der Waals surface area (Å²) in [7, 11) is 0. The first-order valence-electron chi connectivity index (χ1n) is 49.8. The van der Waals surface area contributed by atoms with Crippen molar-refractivity contribution in [2.45, 2.75) is 476 Å². The summed E-state index contributed by atoms with van der Waals surface area (Å²) in [6, 6.07) is 7.32. The van der Waals surface area contributed by atoms with Gasteiger partial charge in [-0.1, -0.05) is 148 Å². The average molecular weight is 1500 g/mol. The second-order valence-electron chi connectivity index (χ2n) is 42.5. The van der Waals surface area contributed by atoms with Gasteiger partial charge in [0, 0.05) is 73.3 Å². The van der Waals surface area contributed by atoms with E-state index in [9.17, 15) is 0 Å². The van der Waals surface area contributed by atoms with Crippen molar-refractivity contribution in [3.8, 4) is 0 Å². The van der Waals surface area contributed by atoms with Gasteiger partial charge in [-0.3, -0.25) is 0 Å². The van der Waals surface area contributed by atoms with E-state index < -0.39 is 0 Å². The molecule has 0 aromatic rings. The van der Waals surface area contributed by atoms with Crippen molar-refractivity contribution in [2.24, 2.45) is 82.9 Å². The van der Waals surface area contributed by atoms with Gasteiger partial charge in [-0.15, -0.1) is 0 Å². The van der Waals surface area contributed by atoms with Crippen molar-refractivity contribution in [1.29, 1.82) is 0 Å². The lowest BCUT2D eigenvalue weighted by atomic mass is 9.71. The summed E-state index contributed by atoms with van der Waals surface area (Å²) in [5.74, 6) is 17.0. The molecule has 107 heavy (non-hydrogen) atoms. The highest BCUT2D eigenvalue weighted by atomic mass is 32.2. The Morgan fingerprint density at radius 1 is 0.224 bits per heavy atom. The van der Waals surface area contributed by atoms with E-state index in [4.69, 9.17) is 14.2 Å². The summed E-state index contributed by atoms with van der Waals surface area (Å²) in [5, 5.41) is 18.8. The molecule has 9 nitrogen and oxygen atoms in total. The quantitative estimate of drug-likeness (QED) is 0.162. The minimum Gasteiger partial charge on any atom is -0.378 e. The molecule has 14 aliphatic carbocycles. The Kier molecular flexibility index (Phi) is 33.7. The van der Waals surface area contributed by atoms with Crippen molar-refractivity contribution in [3.63, 3.8) is 0 Å². The molecule has 0 amide bonds. The lowest BCUT2D eigenvalue weighted by molar-refractivity contribution is -0.0615. The summed E-state index contributed by atoms with van der Waals surface area (Å²) >= 11 is 2.21. The minimum absolute atomic E-state index is 0.653. The van der Waals surface area contributed by atoms with Crippen LogP contribution in [0.2, 0.25) is 0 Å². The van der Waals surface area contributed by atoms with Gasteiger partial charge >= 0.3 is 0 Å². The highest BCUT2D eigenvalue weighted by Gasteiger charge is 2.38. The van der Waals surface area contributed by atoms with Crippen LogP contribution in [-0.4, -0.2) is 135 Å². The van der Waals surface area contributed by atoms with Gasteiger partial charge < -0.3 is 45.7 Å². The Morgan fingerprint density at radius 2 is 0.570 bits per heavy atom. The molecular formula is C97H172N6O3S. The maximum atomic E-state index is 5.48. The van der Waals surface area contributed by atoms with Crippen LogP contribution in [0.4, 0.5) is 0 Å². The van der Waals surface area contributed by atoms with Gasteiger partial charge in [0.2, 0.25) is 0 Å². The molecule has 17 saturated heterocycles. The molecule has 14 saturated carbocycles. The summed E-state index contributed by atoms with van der Waals surface area (Å²) < 4.78 is 16.3. The second kappa shape index (κ2) is 44.0. The Bertz CT molecular complexity index is 1760. The van der Waals surface area contributed by atoms with E-state index in [2.05, 4.69) is 43.2 Å². The Hall–Kier alpha value is -0.0100. The predicted octanol–water partition coefficient (Wildman–Crippen LogP) is 22.8. The van der Waals surface area contributed by atoms with Crippen LogP contribution in [0.3, 0.4) is 0 Å². The van der Waals surface area contributed by atoms with Crippen molar-refractivity contribution < 1.29 is 14.2 Å². The minimum atomic E-state index is 0.653. The third-order valence-electron chi connectivity index (χ3n) is 34.4. The van der Waals surface area contributed by atoms with Gasteiger partial charge in [0.25, 0.3) is 0 Å². The normalized spacial score (nSPS) is 46.0. The number of nitrogens with zero attached hydrogens (tertiary/aromatic N) is 1. The number of thioether (sulfide) groups is 1. The Balaban J connectivity index is 0.0000000921. The summed E-state index contributed by atoms with van der Waals surface area (Å²) in [6.45, 7) is 8.94. The summed E-state index contributed by atoms with van der Waals surface area (Å²) in [5.41, 5.74) is 0. The van der Waals surface area contributed by atoms with Crippen LogP contribution in [0.15, 0.2) is 0 Å². The molecule has 5 N–H and O–H groups in total. The molecule has 28 bridgehead atoms. The zero-order chi connectivity index (χ0) is 72.0. The first kappa shape index (κ1) is 82.1. The van der Waals surface area contributed by atoms with E-state index in [1.807, 2.05) is 0 Å². The Labute approximate surface area is 664 Å². The predicted molar refractivity (Wildman–Crippen MR) is 452 cm³/mol. The molecule has 16 unspecified atom stereocenters. The van der Waals surface area contributed by atoms with Gasteiger partial charge in [0.1, 0.15) is 0 Å². The molecular weight excluding hydrogens is 1330 g/mol. The molecule has 0 aromatic heterocycles. The maximum absolute atomic E-state index is 5.48. The molecule has 31 fully saturated rings. The van der Waals surface area contributed by atoms with Crippen molar-refractivity contribution >= 4 is 11.8 Å². The van der Waals surface area contributed by atoms with Crippen LogP contribution >= 0.6 is 11.8 Å². The number of rotatable bonds is 0. The van der Waals surface area contributed by atoms with Crippen LogP contribution in [0, 0.1) is 82.9 Å². The largest absolute Gasteiger partial charge is 0.378 e. The van der Waals surface area contributed by atoms with Crippen LogP contribution in [0.25, 0.3) is 0 Å². The van der Waals surface area contributed by atoms with E-state index in [1.165, 1.54) is 314 Å². The fraction of sp³-hybridized carbons (Fsp3) is 1.00. The van der Waals surface area contributed by atoms with Gasteiger partial charge in [0.05, 0.1) is 24.4 Å². The SMILES string of the molecule is C1CC2CC1CN2.C1CC2CC1CO2.C1CC2CCC(C1)C2.C1CC2CCC(C1)C2.C1CC2CCC(C1)N2.C1CC2CCC(C1)N2.C1CC2CCC1C2.C1CC2CCC1CC2.C1CC2CCC1CO2.C1CC2CCC1CS2.C1CC2CCC1N2.C1CC2CCC1O2.C1CC2CCN(C1)C2.C1CC2CNC(C1)C2. The van der Waals surface area contributed by atoms with Gasteiger partial charge in [-0.05, 0) is 365 Å². The summed E-state index contributed by atoms with van der Waals surface area (Å²) in [6.07, 6.45) is 94.8. The third kappa shape index (κ3) is 27.3. The molecule has 0 spiro atoms. The van der Waals surface area contributed by atoms with E-state index >= 15 is 0 Å². The highest BCUT2D eigenvalue weighted by Crippen LogP contribution is 2.47. The molecule has 17 aliphatic heterocycles. The number of hydrogen-bond donors (Lipinski definition) is 5. The van der Waals surface area contributed by atoms with Crippen LogP contribution < -0.4 is 26.6 Å². The zero-order valence-electron chi connectivity index (χ0n) is 69.7. The van der Waals surface area contributed by atoms with Crippen LogP contribution in [0.1, 0.15) is 398 Å².